The highest BCUT2D eigenvalue weighted by Crippen LogP contribution is 2.29. The Morgan fingerprint density at radius 2 is 2.50 bits per heavy atom. The zero-order valence-electron chi connectivity index (χ0n) is 10.5. The van der Waals surface area contributed by atoms with Crippen LogP contribution in [0.2, 0.25) is 5.02 Å². The monoisotopic (exact) mass is 264 g/mol. The van der Waals surface area contributed by atoms with Gasteiger partial charge in [0, 0.05) is 25.3 Å². The van der Waals surface area contributed by atoms with Crippen molar-refractivity contribution in [3.63, 3.8) is 0 Å². The predicted octanol–water partition coefficient (Wildman–Crippen LogP) is 2.18. The average molecular weight is 265 g/mol. The van der Waals surface area contributed by atoms with Crippen LogP contribution in [0.1, 0.15) is 25.3 Å². The summed E-state index contributed by atoms with van der Waals surface area (Å²) >= 11 is 6.27. The second-order valence-corrected chi connectivity index (χ2v) is 4.83. The summed E-state index contributed by atoms with van der Waals surface area (Å²) in [6.07, 6.45) is 3.78. The summed E-state index contributed by atoms with van der Waals surface area (Å²) in [7, 11) is 0. The largest absolute Gasteiger partial charge is 0.351 e. The van der Waals surface area contributed by atoms with Crippen molar-refractivity contribution in [1.82, 2.24) is 10.3 Å². The van der Waals surface area contributed by atoms with E-state index in [9.17, 15) is 0 Å². The fraction of sp³-hybridized carbons (Fsp3) is 0.538. The van der Waals surface area contributed by atoms with Gasteiger partial charge >= 0.3 is 0 Å². The third kappa shape index (κ3) is 2.58. The Labute approximate surface area is 113 Å². The van der Waals surface area contributed by atoms with Crippen molar-refractivity contribution in [2.45, 2.75) is 25.8 Å². The molecule has 18 heavy (non-hydrogen) atoms. The molecule has 1 saturated heterocycles. The lowest BCUT2D eigenvalue weighted by Crippen LogP contribution is -2.38. The predicted molar refractivity (Wildman–Crippen MR) is 72.9 cm³/mol. The number of nitriles is 1. The van der Waals surface area contributed by atoms with Gasteiger partial charge in [0.05, 0.1) is 5.56 Å². The normalized spacial score (nSPS) is 18.6. The molecular formula is C13H17ClN4. The maximum Gasteiger partial charge on any atom is 0.149 e. The van der Waals surface area contributed by atoms with E-state index in [1.54, 1.807) is 12.3 Å². The van der Waals surface area contributed by atoms with Crippen molar-refractivity contribution < 1.29 is 0 Å². The minimum absolute atomic E-state index is 0.420. The van der Waals surface area contributed by atoms with Crippen LogP contribution in [0.25, 0.3) is 0 Å². The molecule has 1 unspecified atom stereocenters. The summed E-state index contributed by atoms with van der Waals surface area (Å²) in [4.78, 5) is 6.59. The van der Waals surface area contributed by atoms with E-state index in [-0.39, 0.29) is 0 Å². The molecule has 96 valence electrons. The van der Waals surface area contributed by atoms with Crippen LogP contribution in [0.3, 0.4) is 0 Å². The number of hydrogen-bond donors (Lipinski definition) is 1. The fourth-order valence-electron chi connectivity index (χ4n) is 2.33. The van der Waals surface area contributed by atoms with Gasteiger partial charge in [0.15, 0.2) is 0 Å². The molecule has 0 aromatic carbocycles. The standard InChI is InChI=1S/C13H17ClN4/c1-2-7-18(11-4-5-16-9-11)13-12(14)10(8-15)3-6-17-13/h3,6,11,16H,2,4-5,7,9H2,1H3. The minimum Gasteiger partial charge on any atom is -0.351 e. The van der Waals surface area contributed by atoms with Crippen LogP contribution < -0.4 is 10.2 Å². The summed E-state index contributed by atoms with van der Waals surface area (Å²) < 4.78 is 0. The van der Waals surface area contributed by atoms with Crippen LogP contribution in [0.15, 0.2) is 12.3 Å². The van der Waals surface area contributed by atoms with Gasteiger partial charge in [-0.2, -0.15) is 5.26 Å². The maximum atomic E-state index is 9.03. The molecule has 0 radical (unpaired) electrons. The van der Waals surface area contributed by atoms with E-state index in [4.69, 9.17) is 16.9 Å². The van der Waals surface area contributed by atoms with Gasteiger partial charge in [-0.25, -0.2) is 4.98 Å². The average Bonchev–Trinajstić information content (AvgIpc) is 2.90. The summed E-state index contributed by atoms with van der Waals surface area (Å²) in [6.45, 7) is 5.03. The van der Waals surface area contributed by atoms with E-state index >= 15 is 0 Å². The van der Waals surface area contributed by atoms with Gasteiger partial charge in [0.1, 0.15) is 16.9 Å². The molecule has 1 aliphatic rings. The zero-order chi connectivity index (χ0) is 13.0. The van der Waals surface area contributed by atoms with Crippen LogP contribution in [-0.4, -0.2) is 30.7 Å². The lowest BCUT2D eigenvalue weighted by Gasteiger charge is -2.30. The molecule has 0 aliphatic carbocycles. The molecule has 2 heterocycles. The molecule has 0 bridgehead atoms. The van der Waals surface area contributed by atoms with E-state index in [1.807, 2.05) is 0 Å². The smallest absolute Gasteiger partial charge is 0.149 e. The number of nitrogens with one attached hydrogen (secondary N) is 1. The molecular weight excluding hydrogens is 248 g/mol. The van der Waals surface area contributed by atoms with Gasteiger partial charge < -0.3 is 10.2 Å². The Kier molecular flexibility index (Phi) is 4.40. The Morgan fingerprint density at radius 3 is 3.11 bits per heavy atom. The van der Waals surface area contributed by atoms with Crippen LogP contribution >= 0.6 is 11.6 Å². The van der Waals surface area contributed by atoms with Crippen molar-refractivity contribution in [3.8, 4) is 6.07 Å². The van der Waals surface area contributed by atoms with E-state index in [2.05, 4.69) is 28.2 Å². The van der Waals surface area contributed by atoms with Crippen molar-refractivity contribution in [2.75, 3.05) is 24.5 Å². The van der Waals surface area contributed by atoms with Crippen LogP contribution in [0, 0.1) is 11.3 Å². The second kappa shape index (κ2) is 6.03. The summed E-state index contributed by atoms with van der Waals surface area (Å²) in [5.74, 6) is 0.742. The number of hydrogen-bond acceptors (Lipinski definition) is 4. The summed E-state index contributed by atoms with van der Waals surface area (Å²) in [5.41, 5.74) is 0.494. The van der Waals surface area contributed by atoms with E-state index < -0.39 is 0 Å². The Morgan fingerprint density at radius 1 is 1.67 bits per heavy atom. The first-order valence-electron chi connectivity index (χ1n) is 6.30. The Balaban J connectivity index is 2.33. The number of nitrogens with zero attached hydrogens (tertiary/aromatic N) is 3. The van der Waals surface area contributed by atoms with Crippen LogP contribution in [0.5, 0.6) is 0 Å². The summed E-state index contributed by atoms with van der Waals surface area (Å²) in [6, 6.07) is 4.18. The minimum atomic E-state index is 0.420. The van der Waals surface area contributed by atoms with Crippen LogP contribution in [-0.2, 0) is 0 Å². The molecule has 1 aromatic rings. The van der Waals surface area contributed by atoms with Crippen molar-refractivity contribution in [3.05, 3.63) is 22.8 Å². The van der Waals surface area contributed by atoms with Gasteiger partial charge in [0.25, 0.3) is 0 Å². The zero-order valence-corrected chi connectivity index (χ0v) is 11.2. The number of rotatable bonds is 4. The van der Waals surface area contributed by atoms with Gasteiger partial charge in [-0.15, -0.1) is 0 Å². The molecule has 5 heteroatoms. The fourth-order valence-corrected chi connectivity index (χ4v) is 2.59. The first-order valence-corrected chi connectivity index (χ1v) is 6.67. The molecule has 2 rings (SSSR count). The third-order valence-corrected chi connectivity index (χ3v) is 3.58. The van der Waals surface area contributed by atoms with Crippen LogP contribution in [0.4, 0.5) is 5.82 Å². The maximum absolute atomic E-state index is 9.03. The lowest BCUT2D eigenvalue weighted by atomic mass is 10.2. The molecule has 0 amide bonds. The second-order valence-electron chi connectivity index (χ2n) is 4.45. The highest BCUT2D eigenvalue weighted by molar-refractivity contribution is 6.34. The number of pyridine rings is 1. The van der Waals surface area contributed by atoms with Crippen molar-refractivity contribution in [2.24, 2.45) is 0 Å². The van der Waals surface area contributed by atoms with Gasteiger partial charge in [0.2, 0.25) is 0 Å². The SMILES string of the molecule is CCCN(c1nccc(C#N)c1Cl)C1CCNC1. The first kappa shape index (κ1) is 13.1. The van der Waals surface area contributed by atoms with Gasteiger partial charge in [-0.3, -0.25) is 0 Å². The highest BCUT2D eigenvalue weighted by atomic mass is 35.5. The van der Waals surface area contributed by atoms with Gasteiger partial charge in [-0.1, -0.05) is 18.5 Å². The van der Waals surface area contributed by atoms with E-state index in [1.165, 1.54) is 0 Å². The number of anilines is 1. The van der Waals surface area contributed by atoms with Gasteiger partial charge in [-0.05, 0) is 25.5 Å². The van der Waals surface area contributed by atoms with E-state index in [0.717, 1.165) is 38.3 Å². The molecule has 0 spiro atoms. The highest BCUT2D eigenvalue weighted by Gasteiger charge is 2.25. The number of halogens is 1. The Hall–Kier alpha value is -1.31. The molecule has 1 N–H and O–H groups in total. The summed E-state index contributed by atoms with van der Waals surface area (Å²) in [5, 5.41) is 12.9. The molecule has 1 aliphatic heterocycles. The molecule has 1 aromatic heterocycles. The third-order valence-electron chi connectivity index (χ3n) is 3.20. The quantitative estimate of drug-likeness (QED) is 0.906. The van der Waals surface area contributed by atoms with E-state index in [0.29, 0.717) is 16.6 Å². The lowest BCUT2D eigenvalue weighted by molar-refractivity contribution is 0.618. The first-order chi connectivity index (χ1) is 8.77. The Bertz CT molecular complexity index is 449. The topological polar surface area (TPSA) is 52.0 Å². The molecule has 0 saturated carbocycles. The molecule has 4 nitrogen and oxygen atoms in total. The van der Waals surface area contributed by atoms with Crippen molar-refractivity contribution >= 4 is 17.4 Å². The van der Waals surface area contributed by atoms with Crippen molar-refractivity contribution in [1.29, 1.82) is 5.26 Å². The number of aromatic nitrogens is 1. The molecule has 1 atom stereocenters. The molecule has 1 fully saturated rings.